The van der Waals surface area contributed by atoms with E-state index in [1.165, 1.54) is 0 Å². The molecule has 9 heteroatoms. The first-order chi connectivity index (χ1) is 17.6. The molecule has 0 unspecified atom stereocenters. The topological polar surface area (TPSA) is 77.8 Å². The molecule has 0 atom stereocenters. The first-order valence-electron chi connectivity index (χ1n) is 12.2. The largest absolute Gasteiger partial charge is 0.490 e. The average Bonchev–Trinajstić information content (AvgIpc) is 3.31. The van der Waals surface area contributed by atoms with Crippen LogP contribution in [0.2, 0.25) is 0 Å². The number of rotatable bonds is 9. The van der Waals surface area contributed by atoms with Gasteiger partial charge in [-0.05, 0) is 43.8 Å². The number of pyridine rings is 2. The molecule has 0 amide bonds. The Morgan fingerprint density at radius 1 is 0.861 bits per heavy atom. The number of hydrogen-bond donors (Lipinski definition) is 0. The van der Waals surface area contributed by atoms with E-state index >= 15 is 0 Å². The molecule has 0 bridgehead atoms. The highest BCUT2D eigenvalue weighted by Crippen LogP contribution is 2.30. The first kappa shape index (κ1) is 23.9. The van der Waals surface area contributed by atoms with Crippen molar-refractivity contribution in [3.63, 3.8) is 0 Å². The van der Waals surface area contributed by atoms with Gasteiger partial charge in [-0.2, -0.15) is 0 Å². The second kappa shape index (κ2) is 10.8. The Hall–Kier alpha value is -3.85. The van der Waals surface area contributed by atoms with E-state index in [-0.39, 0.29) is 0 Å². The maximum Gasteiger partial charge on any atom is 0.212 e. The molecule has 0 aliphatic carbocycles. The van der Waals surface area contributed by atoms with Crippen LogP contribution in [0.4, 0.5) is 5.69 Å². The molecule has 0 radical (unpaired) electrons. The van der Waals surface area contributed by atoms with Crippen LogP contribution in [0.5, 0.6) is 17.4 Å². The zero-order valence-electron chi connectivity index (χ0n) is 21.1. The van der Waals surface area contributed by atoms with Gasteiger partial charge in [-0.15, -0.1) is 0 Å². The van der Waals surface area contributed by atoms with Gasteiger partial charge in [-0.25, -0.2) is 15.0 Å². The van der Waals surface area contributed by atoms with Gasteiger partial charge in [-0.3, -0.25) is 0 Å². The lowest BCUT2D eigenvalue weighted by molar-refractivity contribution is 0.268. The zero-order chi connectivity index (χ0) is 24.9. The molecule has 4 heterocycles. The van der Waals surface area contributed by atoms with Gasteiger partial charge in [0.15, 0.2) is 17.1 Å². The van der Waals surface area contributed by atoms with Crippen LogP contribution in [-0.4, -0.2) is 71.4 Å². The number of hydrogen-bond acceptors (Lipinski definition) is 8. The van der Waals surface area contributed by atoms with E-state index in [1.54, 1.807) is 13.3 Å². The van der Waals surface area contributed by atoms with Crippen LogP contribution in [0, 0.1) is 0 Å². The Balaban J connectivity index is 1.29. The zero-order valence-corrected chi connectivity index (χ0v) is 21.1. The lowest BCUT2D eigenvalue weighted by Gasteiger charge is -2.33. The summed E-state index contributed by atoms with van der Waals surface area (Å²) in [5.41, 5.74) is 4.95. The molecule has 0 saturated carbocycles. The smallest absolute Gasteiger partial charge is 0.212 e. The average molecular weight is 489 g/mol. The Morgan fingerprint density at radius 2 is 1.69 bits per heavy atom. The van der Waals surface area contributed by atoms with Crippen LogP contribution in [-0.2, 0) is 13.2 Å². The molecular weight excluding hydrogens is 456 g/mol. The van der Waals surface area contributed by atoms with Crippen molar-refractivity contribution in [2.45, 2.75) is 20.1 Å². The van der Waals surface area contributed by atoms with Crippen molar-refractivity contribution >= 4 is 16.9 Å². The third-order valence-corrected chi connectivity index (χ3v) is 6.37. The summed E-state index contributed by atoms with van der Waals surface area (Å²) in [6.07, 6.45) is 5.56. The number of nitrogens with zero attached hydrogens (tertiary/aromatic N) is 6. The molecule has 1 saturated heterocycles. The molecule has 3 aromatic heterocycles. The third-order valence-electron chi connectivity index (χ3n) is 6.37. The van der Waals surface area contributed by atoms with Gasteiger partial charge in [0.1, 0.15) is 12.1 Å². The molecule has 1 aromatic carbocycles. The number of imidazole rings is 1. The predicted molar refractivity (Wildman–Crippen MR) is 139 cm³/mol. The highest BCUT2D eigenvalue weighted by Gasteiger charge is 2.16. The minimum atomic E-state index is 0.391. The van der Waals surface area contributed by atoms with Crippen molar-refractivity contribution < 1.29 is 14.2 Å². The van der Waals surface area contributed by atoms with Crippen molar-refractivity contribution in [2.75, 3.05) is 51.8 Å². The van der Waals surface area contributed by atoms with Crippen molar-refractivity contribution in [2.24, 2.45) is 0 Å². The monoisotopic (exact) mass is 488 g/mol. The van der Waals surface area contributed by atoms with E-state index in [9.17, 15) is 0 Å². The number of aromatic nitrogens is 4. The molecule has 1 aliphatic rings. The minimum absolute atomic E-state index is 0.391. The van der Waals surface area contributed by atoms with Crippen LogP contribution < -0.4 is 19.1 Å². The fraction of sp³-hybridized carbons (Fsp3) is 0.370. The summed E-state index contributed by atoms with van der Waals surface area (Å²) in [4.78, 5) is 18.3. The van der Waals surface area contributed by atoms with Crippen LogP contribution >= 0.6 is 0 Å². The van der Waals surface area contributed by atoms with Crippen LogP contribution in [0.15, 0.2) is 55.1 Å². The fourth-order valence-corrected chi connectivity index (χ4v) is 4.30. The summed E-state index contributed by atoms with van der Waals surface area (Å²) >= 11 is 0. The second-order valence-electron chi connectivity index (χ2n) is 8.91. The van der Waals surface area contributed by atoms with Crippen molar-refractivity contribution in [1.29, 1.82) is 0 Å². The van der Waals surface area contributed by atoms with Gasteiger partial charge in [0.25, 0.3) is 0 Å². The number of piperazine rings is 1. The molecule has 5 rings (SSSR count). The first-order valence-corrected chi connectivity index (χ1v) is 12.2. The van der Waals surface area contributed by atoms with E-state index in [0.29, 0.717) is 37.1 Å². The van der Waals surface area contributed by atoms with Crippen LogP contribution in [0.3, 0.4) is 0 Å². The van der Waals surface area contributed by atoms with Crippen molar-refractivity contribution in [3.05, 3.63) is 66.2 Å². The van der Waals surface area contributed by atoms with Crippen molar-refractivity contribution in [3.8, 4) is 17.4 Å². The van der Waals surface area contributed by atoms with Crippen LogP contribution in [0.1, 0.15) is 18.1 Å². The molecule has 188 valence electrons. The van der Waals surface area contributed by atoms with E-state index in [4.69, 9.17) is 19.2 Å². The lowest BCUT2D eigenvalue weighted by Crippen LogP contribution is -2.44. The maximum atomic E-state index is 6.04. The van der Waals surface area contributed by atoms with Crippen LogP contribution in [0.25, 0.3) is 11.2 Å². The molecule has 0 N–H and O–H groups in total. The third kappa shape index (κ3) is 5.36. The van der Waals surface area contributed by atoms with E-state index in [2.05, 4.69) is 43.5 Å². The number of fused-ring (bicyclic) bond motifs is 1. The summed E-state index contributed by atoms with van der Waals surface area (Å²) in [6, 6.07) is 11.9. The number of benzene rings is 1. The summed E-state index contributed by atoms with van der Waals surface area (Å²) in [6.45, 7) is 7.69. The van der Waals surface area contributed by atoms with E-state index in [1.807, 2.05) is 43.7 Å². The number of methoxy groups -OCH3 is 1. The van der Waals surface area contributed by atoms with Gasteiger partial charge in [0, 0.05) is 44.0 Å². The summed E-state index contributed by atoms with van der Waals surface area (Å²) in [7, 11) is 3.76. The Bertz CT molecular complexity index is 1300. The number of anilines is 1. The SMILES string of the molecule is CCOc1cc(Cn2cnc3cc(N4CCN(C)CC4)cnc32)ccc1OCc1ccc(OC)nc1. The molecule has 0 spiro atoms. The number of likely N-dealkylation sites (N-methyl/N-ethyl adjacent to an activating group) is 1. The Kier molecular flexibility index (Phi) is 7.18. The van der Waals surface area contributed by atoms with Gasteiger partial charge in [-0.1, -0.05) is 6.07 Å². The van der Waals surface area contributed by atoms with E-state index < -0.39 is 0 Å². The second-order valence-corrected chi connectivity index (χ2v) is 8.91. The summed E-state index contributed by atoms with van der Waals surface area (Å²) in [5.74, 6) is 1.99. The quantitative estimate of drug-likeness (QED) is 0.354. The lowest BCUT2D eigenvalue weighted by atomic mass is 10.2. The summed E-state index contributed by atoms with van der Waals surface area (Å²) in [5, 5.41) is 0. The Morgan fingerprint density at radius 3 is 2.44 bits per heavy atom. The van der Waals surface area contributed by atoms with Gasteiger partial charge < -0.3 is 28.6 Å². The van der Waals surface area contributed by atoms with E-state index in [0.717, 1.165) is 54.2 Å². The molecular formula is C27H32N6O3. The predicted octanol–water partition coefficient (Wildman–Crippen LogP) is 3.61. The molecule has 1 fully saturated rings. The highest BCUT2D eigenvalue weighted by atomic mass is 16.5. The number of ether oxygens (including phenoxy) is 3. The highest BCUT2D eigenvalue weighted by molar-refractivity contribution is 5.75. The van der Waals surface area contributed by atoms with Gasteiger partial charge >= 0.3 is 0 Å². The molecule has 36 heavy (non-hydrogen) atoms. The Labute approximate surface area is 211 Å². The normalized spacial score (nSPS) is 14.2. The minimum Gasteiger partial charge on any atom is -0.490 e. The van der Waals surface area contributed by atoms with Gasteiger partial charge in [0.05, 0.1) is 38.5 Å². The standard InChI is InChI=1S/C27H32N6O3/c1-4-35-25-13-20(5-7-24(25)36-18-21-6-8-26(34-3)28-15-21)17-33-19-30-23-14-22(16-29-27(23)33)32-11-9-31(2)10-12-32/h5-8,13-16,19H,4,9-12,17-18H2,1-3H3. The molecule has 9 nitrogen and oxygen atoms in total. The summed E-state index contributed by atoms with van der Waals surface area (Å²) < 4.78 is 19.1. The van der Waals surface area contributed by atoms with Crippen molar-refractivity contribution in [1.82, 2.24) is 24.4 Å². The molecule has 1 aliphatic heterocycles. The maximum absolute atomic E-state index is 6.04. The molecule has 4 aromatic rings. The van der Waals surface area contributed by atoms with Gasteiger partial charge in [0.2, 0.25) is 5.88 Å². The fourth-order valence-electron chi connectivity index (χ4n) is 4.30.